The second kappa shape index (κ2) is 18.4. The third-order valence-corrected chi connectivity index (χ3v) is 15.7. The molecule has 4 saturated heterocycles. The highest BCUT2D eigenvalue weighted by Gasteiger charge is 2.71. The van der Waals surface area contributed by atoms with E-state index in [1.807, 2.05) is 19.1 Å². The van der Waals surface area contributed by atoms with Gasteiger partial charge in [0.05, 0.1) is 79.5 Å². The maximum absolute atomic E-state index is 14.8. The number of amides is 3. The zero-order valence-corrected chi connectivity index (χ0v) is 37.8. The van der Waals surface area contributed by atoms with Crippen molar-refractivity contribution in [1.82, 2.24) is 24.9 Å². The average Bonchev–Trinajstić information content (AvgIpc) is 3.86. The second-order valence-electron chi connectivity index (χ2n) is 20.3. The molecule has 368 valence electrons. The van der Waals surface area contributed by atoms with Crippen LogP contribution >= 0.6 is 0 Å². The largest absolute Gasteiger partial charge is 0.478 e. The van der Waals surface area contributed by atoms with E-state index in [2.05, 4.69) is 10.4 Å². The minimum Gasteiger partial charge on any atom is -0.478 e. The third-order valence-electron chi connectivity index (χ3n) is 15.7. The summed E-state index contributed by atoms with van der Waals surface area (Å²) in [7, 11) is 0. The van der Waals surface area contributed by atoms with Gasteiger partial charge in [-0.2, -0.15) is 31.4 Å². The Morgan fingerprint density at radius 3 is 2.12 bits per heavy atom. The molecule has 1 aromatic heterocycles. The van der Waals surface area contributed by atoms with Gasteiger partial charge in [0.15, 0.2) is 0 Å². The molecule has 4 aliphatic heterocycles. The van der Waals surface area contributed by atoms with E-state index in [0.717, 1.165) is 74.0 Å². The monoisotopic (exact) mass is 957 g/mol. The van der Waals surface area contributed by atoms with Crippen molar-refractivity contribution < 1.29 is 64.8 Å². The quantitative estimate of drug-likeness (QED) is 0.148. The molecule has 3 saturated carbocycles. The molecule has 2 N–H and O–H groups in total. The Labute approximate surface area is 389 Å². The van der Waals surface area contributed by atoms with Crippen LogP contribution in [0.1, 0.15) is 114 Å². The Morgan fingerprint density at radius 2 is 1.53 bits per heavy atom. The fraction of sp³-hybridized carbons (Fsp3) is 0.612. The van der Waals surface area contributed by atoms with Crippen LogP contribution in [0.5, 0.6) is 0 Å². The highest BCUT2D eigenvalue weighted by Crippen LogP contribution is 2.60. The summed E-state index contributed by atoms with van der Waals surface area (Å²) in [4.78, 5) is 56.3. The molecule has 10 rings (SSSR count). The van der Waals surface area contributed by atoms with Gasteiger partial charge in [-0.05, 0) is 112 Å². The van der Waals surface area contributed by atoms with E-state index in [1.165, 1.54) is 34.1 Å². The lowest BCUT2D eigenvalue weighted by Crippen LogP contribution is -2.66. The number of alkyl halides is 6. The second-order valence-corrected chi connectivity index (χ2v) is 20.3. The molecule has 0 radical (unpaired) electrons. The van der Waals surface area contributed by atoms with Crippen LogP contribution in [-0.4, -0.2) is 125 Å². The van der Waals surface area contributed by atoms with Gasteiger partial charge in [-0.1, -0.05) is 24.3 Å². The Hall–Kier alpha value is -5.01. The number of fused-ring (bicyclic) bond motifs is 3. The van der Waals surface area contributed by atoms with Gasteiger partial charge in [-0.15, -0.1) is 0 Å². The normalized spacial score (nSPS) is 27.1. The first kappa shape index (κ1) is 48.0. The zero-order valence-electron chi connectivity index (χ0n) is 37.8. The summed E-state index contributed by atoms with van der Waals surface area (Å²) in [5, 5.41) is 16.8. The molecule has 7 fully saturated rings. The molecule has 3 atom stereocenters. The Balaban J connectivity index is 0.902. The fourth-order valence-corrected chi connectivity index (χ4v) is 11.1. The Bertz CT molecular complexity index is 2320. The number of ether oxygens (including phenoxy) is 3. The summed E-state index contributed by atoms with van der Waals surface area (Å²) in [5.41, 5.74) is -2.49. The molecule has 5 heterocycles. The molecular formula is C49H57F6N5O8. The maximum Gasteiger partial charge on any atom is 0.416 e. The van der Waals surface area contributed by atoms with Crippen molar-refractivity contribution in [1.29, 1.82) is 0 Å². The summed E-state index contributed by atoms with van der Waals surface area (Å²) < 4.78 is 102. The predicted molar refractivity (Wildman–Crippen MR) is 231 cm³/mol. The number of carboxylic acids is 1. The number of likely N-dealkylation sites (tertiary alicyclic amines) is 2. The summed E-state index contributed by atoms with van der Waals surface area (Å²) in [6.07, 6.45) is -0.520. The number of hydrogen-bond donors (Lipinski definition) is 2. The first-order chi connectivity index (χ1) is 32.3. The SMILES string of the molecule is C[C@@H](OCC12CCC(CC1)OC2)C(COC1CCC(c2ccc(C(=O)O)cc2)CC1)NC(=O)[C@@H]1CN(C(=O)c2cnn(Cc3ccc(C(F)(F)F)cc3)c2)CC12CN(C(=O)C1(C(F)(F)F)CC1)C2. The number of carboxylic acid groups (broad SMARTS) is 1. The molecule has 19 heteroatoms. The maximum atomic E-state index is 14.8. The molecule has 3 aliphatic carbocycles. The minimum atomic E-state index is -4.72. The Kier molecular flexibility index (Phi) is 13.0. The number of aromatic carboxylic acids is 1. The van der Waals surface area contributed by atoms with Crippen LogP contribution in [0.4, 0.5) is 26.3 Å². The third kappa shape index (κ3) is 9.76. The van der Waals surface area contributed by atoms with Crippen molar-refractivity contribution >= 4 is 23.7 Å². The molecule has 2 bridgehead atoms. The van der Waals surface area contributed by atoms with E-state index in [-0.39, 0.29) is 86.8 Å². The summed E-state index contributed by atoms with van der Waals surface area (Å²) in [6, 6.07) is 10.8. The van der Waals surface area contributed by atoms with E-state index in [9.17, 15) is 50.6 Å². The van der Waals surface area contributed by atoms with Crippen molar-refractivity contribution in [3.05, 3.63) is 88.7 Å². The molecule has 3 amide bonds. The molecule has 68 heavy (non-hydrogen) atoms. The van der Waals surface area contributed by atoms with E-state index in [4.69, 9.17) is 14.2 Å². The summed E-state index contributed by atoms with van der Waals surface area (Å²) in [6.45, 7) is 2.62. The van der Waals surface area contributed by atoms with E-state index >= 15 is 0 Å². The number of aromatic nitrogens is 2. The van der Waals surface area contributed by atoms with Crippen LogP contribution in [-0.2, 0) is 36.5 Å². The topological polar surface area (TPSA) is 153 Å². The van der Waals surface area contributed by atoms with Gasteiger partial charge in [0.25, 0.3) is 5.91 Å². The van der Waals surface area contributed by atoms with E-state index < -0.39 is 70.5 Å². The van der Waals surface area contributed by atoms with Crippen LogP contribution in [0, 0.1) is 22.2 Å². The highest BCUT2D eigenvalue weighted by atomic mass is 19.4. The summed E-state index contributed by atoms with van der Waals surface area (Å²) in [5.74, 6) is -3.63. The van der Waals surface area contributed by atoms with Gasteiger partial charge in [-0.25, -0.2) is 4.79 Å². The number of benzene rings is 2. The molecule has 1 unspecified atom stereocenters. The van der Waals surface area contributed by atoms with Crippen LogP contribution < -0.4 is 5.32 Å². The predicted octanol–water partition coefficient (Wildman–Crippen LogP) is 7.48. The van der Waals surface area contributed by atoms with Crippen molar-refractivity contribution in [2.75, 3.05) is 46.0 Å². The number of nitrogens with zero attached hydrogens (tertiary/aromatic N) is 4. The molecule has 7 aliphatic rings. The van der Waals surface area contributed by atoms with Gasteiger partial charge in [0.2, 0.25) is 11.8 Å². The molecular weight excluding hydrogens is 901 g/mol. The van der Waals surface area contributed by atoms with Gasteiger partial charge in [0.1, 0.15) is 5.41 Å². The first-order valence-electron chi connectivity index (χ1n) is 23.6. The van der Waals surface area contributed by atoms with Gasteiger partial charge >= 0.3 is 18.3 Å². The number of halogens is 6. The summed E-state index contributed by atoms with van der Waals surface area (Å²) >= 11 is 0. The smallest absolute Gasteiger partial charge is 0.416 e. The van der Waals surface area contributed by atoms with Crippen LogP contribution in [0.15, 0.2) is 60.9 Å². The number of carbonyl (C=O) groups excluding carboxylic acids is 3. The Morgan fingerprint density at radius 1 is 0.868 bits per heavy atom. The standard InChI is InChI=1S/C49H57F6N5O8/c1-30(67-28-45-16-14-38(15-17-45)68-29-45)40(24-66-37-12-8-33(9-13-37)32-4-6-34(7-5-32)43(63)64)57-41(61)39-23-58(25-46(39)26-59(27-46)44(65)47(18-19-47)49(53,54)55)42(62)35-20-56-60(22-35)21-31-2-10-36(11-3-31)48(50,51)52/h2-7,10-11,20,22,30,33,37-40H,8-9,12-19,21,23-29H2,1H3,(H,57,61)(H,63,64)/t30-,33?,37?,38?,39+,40?,45?/m1/s1. The number of hydrogen-bond acceptors (Lipinski definition) is 8. The van der Waals surface area contributed by atoms with Crippen LogP contribution in [0.3, 0.4) is 0 Å². The first-order valence-corrected chi connectivity index (χ1v) is 23.6. The number of rotatable bonds is 15. The molecule has 13 nitrogen and oxygen atoms in total. The number of nitrogens with one attached hydrogen (secondary N) is 1. The van der Waals surface area contributed by atoms with Gasteiger partial charge in [-0.3, -0.25) is 19.1 Å². The van der Waals surface area contributed by atoms with Crippen molar-refractivity contribution in [3.63, 3.8) is 0 Å². The van der Waals surface area contributed by atoms with Crippen molar-refractivity contribution in [3.8, 4) is 0 Å². The van der Waals surface area contributed by atoms with E-state index in [0.29, 0.717) is 18.8 Å². The zero-order chi connectivity index (χ0) is 48.2. The van der Waals surface area contributed by atoms with Crippen molar-refractivity contribution in [2.45, 2.75) is 120 Å². The minimum absolute atomic E-state index is 0.0180. The number of carbonyl (C=O) groups is 4. The fourth-order valence-electron chi connectivity index (χ4n) is 11.1. The average molecular weight is 958 g/mol. The van der Waals surface area contributed by atoms with Crippen LogP contribution in [0.25, 0.3) is 0 Å². The highest BCUT2D eigenvalue weighted by molar-refractivity contribution is 5.95. The lowest BCUT2D eigenvalue weighted by atomic mass is 9.70. The lowest BCUT2D eigenvalue weighted by Gasteiger charge is -2.51. The van der Waals surface area contributed by atoms with Crippen LogP contribution in [0.2, 0.25) is 0 Å². The van der Waals surface area contributed by atoms with Gasteiger partial charge < -0.3 is 34.4 Å². The molecule has 1 spiro atoms. The molecule has 3 aromatic rings. The molecule has 2 aromatic carbocycles. The lowest BCUT2D eigenvalue weighted by molar-refractivity contribution is -0.205. The van der Waals surface area contributed by atoms with E-state index in [1.54, 1.807) is 12.1 Å². The van der Waals surface area contributed by atoms with Crippen molar-refractivity contribution in [2.24, 2.45) is 22.2 Å². The van der Waals surface area contributed by atoms with Gasteiger partial charge in [0, 0.05) is 43.2 Å².